The lowest BCUT2D eigenvalue weighted by Gasteiger charge is -2.24. The maximum atomic E-state index is 11.7. The van der Waals surface area contributed by atoms with Crippen molar-refractivity contribution in [2.75, 3.05) is 32.6 Å². The van der Waals surface area contributed by atoms with E-state index in [1.54, 1.807) is 26.2 Å². The quantitative estimate of drug-likeness (QED) is 0.789. The topological polar surface area (TPSA) is 78.4 Å². The zero-order valence-corrected chi connectivity index (χ0v) is 12.7. The zero-order valence-electron chi connectivity index (χ0n) is 12.7. The summed E-state index contributed by atoms with van der Waals surface area (Å²) in [5, 5.41) is 20.0. The first-order chi connectivity index (χ1) is 9.35. The Bertz CT molecular complexity index is 429. The molecule has 20 heavy (non-hydrogen) atoms. The molecule has 1 amide bonds. The Morgan fingerprint density at radius 2 is 2.05 bits per heavy atom. The predicted octanol–water partition coefficient (Wildman–Crippen LogP) is 1.39. The zero-order chi connectivity index (χ0) is 15.2. The lowest BCUT2D eigenvalue weighted by molar-refractivity contribution is 0.0821. The number of hydrogen-bond acceptors (Lipinski definition) is 5. The highest BCUT2D eigenvalue weighted by atomic mass is 16.2. The van der Waals surface area contributed by atoms with Gasteiger partial charge in [-0.15, -0.1) is 10.2 Å². The number of carbonyl (C=O) groups excluding carboxylic acids is 1. The molecule has 6 heteroatoms. The summed E-state index contributed by atoms with van der Waals surface area (Å²) in [5.74, 6) is 0.490. The summed E-state index contributed by atoms with van der Waals surface area (Å²) in [6.07, 6.45) is 1.72. The van der Waals surface area contributed by atoms with Gasteiger partial charge >= 0.3 is 0 Å². The average Bonchev–Trinajstić information content (AvgIpc) is 2.43. The Kier molecular flexibility index (Phi) is 5.88. The van der Waals surface area contributed by atoms with Crippen LogP contribution in [0.2, 0.25) is 0 Å². The number of aliphatic hydroxyl groups is 1. The third-order valence-electron chi connectivity index (χ3n) is 3.05. The first-order valence-electron chi connectivity index (χ1n) is 6.76. The van der Waals surface area contributed by atoms with Crippen LogP contribution in [0.15, 0.2) is 12.1 Å². The summed E-state index contributed by atoms with van der Waals surface area (Å²) in [4.78, 5) is 13.1. The fourth-order valence-corrected chi connectivity index (χ4v) is 1.75. The number of aromatic nitrogens is 2. The fraction of sp³-hybridized carbons (Fsp3) is 0.643. The van der Waals surface area contributed by atoms with Gasteiger partial charge in [0.15, 0.2) is 5.69 Å². The standard InChI is InChI=1S/C14H24N4O2/c1-14(2,8-5-9-19)10-15-12-7-6-11(16-17-12)13(20)18(3)4/h6-7,19H,5,8-10H2,1-4H3,(H,15,17). The average molecular weight is 280 g/mol. The van der Waals surface area contributed by atoms with E-state index in [0.29, 0.717) is 11.5 Å². The second kappa shape index (κ2) is 7.19. The monoisotopic (exact) mass is 280 g/mol. The molecule has 0 aliphatic carbocycles. The molecule has 0 saturated heterocycles. The summed E-state index contributed by atoms with van der Waals surface area (Å²) in [6, 6.07) is 3.42. The van der Waals surface area contributed by atoms with Gasteiger partial charge in [0, 0.05) is 27.2 Å². The first-order valence-corrected chi connectivity index (χ1v) is 6.76. The lowest BCUT2D eigenvalue weighted by Crippen LogP contribution is -2.25. The number of nitrogens with one attached hydrogen (secondary N) is 1. The molecule has 0 fully saturated rings. The smallest absolute Gasteiger partial charge is 0.273 e. The minimum atomic E-state index is -0.160. The summed E-state index contributed by atoms with van der Waals surface area (Å²) < 4.78 is 0. The van der Waals surface area contributed by atoms with Gasteiger partial charge in [0.05, 0.1) is 0 Å². The van der Waals surface area contributed by atoms with Crippen molar-refractivity contribution in [2.24, 2.45) is 5.41 Å². The van der Waals surface area contributed by atoms with Crippen LogP contribution in [0.3, 0.4) is 0 Å². The molecule has 1 heterocycles. The van der Waals surface area contributed by atoms with Crippen molar-refractivity contribution in [3.8, 4) is 0 Å². The van der Waals surface area contributed by atoms with Crippen molar-refractivity contribution in [1.29, 1.82) is 0 Å². The number of amides is 1. The van der Waals surface area contributed by atoms with E-state index in [2.05, 4.69) is 29.4 Å². The van der Waals surface area contributed by atoms with Gasteiger partial charge in [-0.2, -0.15) is 0 Å². The van der Waals surface area contributed by atoms with E-state index in [1.807, 2.05) is 0 Å². The fourth-order valence-electron chi connectivity index (χ4n) is 1.75. The molecule has 0 aliphatic heterocycles. The Labute approximate surface area is 120 Å². The van der Waals surface area contributed by atoms with Crippen LogP contribution in [0.5, 0.6) is 0 Å². The molecule has 0 saturated carbocycles. The number of rotatable bonds is 7. The molecule has 0 radical (unpaired) electrons. The van der Waals surface area contributed by atoms with E-state index in [9.17, 15) is 4.79 Å². The minimum Gasteiger partial charge on any atom is -0.396 e. The van der Waals surface area contributed by atoms with E-state index >= 15 is 0 Å². The van der Waals surface area contributed by atoms with Gasteiger partial charge < -0.3 is 15.3 Å². The summed E-state index contributed by atoms with van der Waals surface area (Å²) in [7, 11) is 3.36. The van der Waals surface area contributed by atoms with Crippen LogP contribution in [0.1, 0.15) is 37.2 Å². The van der Waals surface area contributed by atoms with Crippen molar-refractivity contribution in [2.45, 2.75) is 26.7 Å². The summed E-state index contributed by atoms with van der Waals surface area (Å²) >= 11 is 0. The molecule has 0 unspecified atom stereocenters. The van der Waals surface area contributed by atoms with Gasteiger partial charge in [-0.3, -0.25) is 4.79 Å². The number of nitrogens with zero attached hydrogens (tertiary/aromatic N) is 3. The first kappa shape index (κ1) is 16.4. The Morgan fingerprint density at radius 3 is 2.55 bits per heavy atom. The van der Waals surface area contributed by atoms with Crippen LogP contribution < -0.4 is 5.32 Å². The molecular formula is C14H24N4O2. The van der Waals surface area contributed by atoms with Crippen molar-refractivity contribution in [3.63, 3.8) is 0 Å². The predicted molar refractivity (Wildman–Crippen MR) is 78.6 cm³/mol. The SMILES string of the molecule is CN(C)C(=O)c1ccc(NCC(C)(C)CCCO)nn1. The normalized spacial score (nSPS) is 11.2. The highest BCUT2D eigenvalue weighted by Gasteiger charge is 2.17. The molecule has 1 aromatic rings. The Balaban J connectivity index is 2.56. The van der Waals surface area contributed by atoms with Crippen LogP contribution in [-0.2, 0) is 0 Å². The van der Waals surface area contributed by atoms with Crippen molar-refractivity contribution >= 4 is 11.7 Å². The van der Waals surface area contributed by atoms with Gasteiger partial charge in [-0.1, -0.05) is 13.8 Å². The molecule has 1 rings (SSSR count). The van der Waals surface area contributed by atoms with Crippen LogP contribution in [0, 0.1) is 5.41 Å². The molecule has 1 aromatic heterocycles. The van der Waals surface area contributed by atoms with Crippen LogP contribution >= 0.6 is 0 Å². The Hall–Kier alpha value is -1.69. The molecular weight excluding hydrogens is 256 g/mol. The van der Waals surface area contributed by atoms with Crippen LogP contribution in [0.25, 0.3) is 0 Å². The highest BCUT2D eigenvalue weighted by Crippen LogP contribution is 2.22. The highest BCUT2D eigenvalue weighted by molar-refractivity contribution is 5.91. The molecule has 2 N–H and O–H groups in total. The number of hydrogen-bond donors (Lipinski definition) is 2. The molecule has 0 bridgehead atoms. The van der Waals surface area contributed by atoms with Crippen molar-refractivity contribution in [1.82, 2.24) is 15.1 Å². The van der Waals surface area contributed by atoms with Crippen LogP contribution in [-0.4, -0.2) is 53.4 Å². The van der Waals surface area contributed by atoms with E-state index in [4.69, 9.17) is 5.11 Å². The summed E-state index contributed by atoms with van der Waals surface area (Å²) in [5.41, 5.74) is 0.405. The second-order valence-electron chi connectivity index (χ2n) is 5.85. The van der Waals surface area contributed by atoms with E-state index in [0.717, 1.165) is 19.4 Å². The lowest BCUT2D eigenvalue weighted by atomic mass is 9.88. The molecule has 0 aromatic carbocycles. The molecule has 6 nitrogen and oxygen atoms in total. The van der Waals surface area contributed by atoms with Crippen molar-refractivity contribution in [3.05, 3.63) is 17.8 Å². The van der Waals surface area contributed by atoms with E-state index < -0.39 is 0 Å². The van der Waals surface area contributed by atoms with Crippen LogP contribution in [0.4, 0.5) is 5.82 Å². The third-order valence-corrected chi connectivity index (χ3v) is 3.05. The molecule has 0 spiro atoms. The Morgan fingerprint density at radius 1 is 1.35 bits per heavy atom. The largest absolute Gasteiger partial charge is 0.396 e. The summed E-state index contributed by atoms with van der Waals surface area (Å²) in [6.45, 7) is 5.22. The maximum Gasteiger partial charge on any atom is 0.273 e. The van der Waals surface area contributed by atoms with Gasteiger partial charge in [-0.25, -0.2) is 0 Å². The molecule has 0 atom stereocenters. The maximum absolute atomic E-state index is 11.7. The molecule has 0 aliphatic rings. The van der Waals surface area contributed by atoms with E-state index in [-0.39, 0.29) is 17.9 Å². The van der Waals surface area contributed by atoms with Crippen molar-refractivity contribution < 1.29 is 9.90 Å². The number of anilines is 1. The number of carbonyl (C=O) groups is 1. The van der Waals surface area contributed by atoms with E-state index in [1.165, 1.54) is 4.90 Å². The van der Waals surface area contributed by atoms with Gasteiger partial charge in [0.25, 0.3) is 5.91 Å². The van der Waals surface area contributed by atoms with Gasteiger partial charge in [0.2, 0.25) is 0 Å². The second-order valence-corrected chi connectivity index (χ2v) is 5.85. The number of aliphatic hydroxyl groups excluding tert-OH is 1. The third kappa shape index (κ3) is 5.13. The van der Waals surface area contributed by atoms with Gasteiger partial charge in [0.1, 0.15) is 5.82 Å². The minimum absolute atomic E-state index is 0.0720. The van der Waals surface area contributed by atoms with Gasteiger partial charge in [-0.05, 0) is 30.4 Å². The molecule has 112 valence electrons.